The van der Waals surface area contributed by atoms with Crippen LogP contribution in [0.3, 0.4) is 0 Å². The van der Waals surface area contributed by atoms with E-state index in [1.54, 1.807) is 6.26 Å². The van der Waals surface area contributed by atoms with E-state index in [1.165, 1.54) is 19.3 Å². The van der Waals surface area contributed by atoms with Gasteiger partial charge in [0.15, 0.2) is 17.3 Å². The topological polar surface area (TPSA) is 69.0 Å². The molecule has 206 valence electrons. The lowest BCUT2D eigenvalue weighted by Gasteiger charge is -2.37. The Morgan fingerprint density at radius 2 is 1.77 bits per heavy atom. The average molecular weight is 530 g/mol. The Bertz CT molecular complexity index is 1390. The number of hydrogen-bond acceptors (Lipinski definition) is 5. The largest absolute Gasteiger partial charge is 0.464 e. The van der Waals surface area contributed by atoms with Crippen molar-refractivity contribution in [2.75, 3.05) is 13.1 Å². The smallest absolute Gasteiger partial charge is 0.254 e. The summed E-state index contributed by atoms with van der Waals surface area (Å²) in [6.07, 6.45) is 10.5. The highest BCUT2D eigenvalue weighted by molar-refractivity contribution is 6.04. The first-order valence-corrected chi connectivity index (χ1v) is 14.5. The van der Waals surface area contributed by atoms with Crippen molar-refractivity contribution in [3.63, 3.8) is 0 Å². The normalized spacial score (nSPS) is 26.7. The summed E-state index contributed by atoms with van der Waals surface area (Å²) in [7, 11) is 0. The molecular formula is C33H39NO5. The van der Waals surface area contributed by atoms with Gasteiger partial charge in [-0.3, -0.25) is 9.59 Å². The van der Waals surface area contributed by atoms with Gasteiger partial charge in [0, 0.05) is 43.5 Å². The van der Waals surface area contributed by atoms with Crippen molar-refractivity contribution >= 4 is 11.7 Å². The highest BCUT2D eigenvalue weighted by Crippen LogP contribution is 2.55. The molecular weight excluding hydrogens is 490 g/mol. The molecule has 1 saturated carbocycles. The van der Waals surface area contributed by atoms with Crippen LogP contribution < -0.4 is 9.47 Å². The monoisotopic (exact) mass is 529 g/mol. The second kappa shape index (κ2) is 9.72. The maximum Gasteiger partial charge on any atom is 0.254 e. The van der Waals surface area contributed by atoms with Gasteiger partial charge in [0.1, 0.15) is 5.76 Å². The summed E-state index contributed by atoms with van der Waals surface area (Å²) in [5, 5.41) is 0. The molecule has 2 aliphatic heterocycles. The van der Waals surface area contributed by atoms with Gasteiger partial charge >= 0.3 is 0 Å². The van der Waals surface area contributed by atoms with E-state index in [4.69, 9.17) is 13.9 Å². The Hall–Kier alpha value is -3.28. The lowest BCUT2D eigenvalue weighted by molar-refractivity contribution is -0.122. The number of benzene rings is 1. The second-order valence-electron chi connectivity index (χ2n) is 12.1. The van der Waals surface area contributed by atoms with Crippen LogP contribution in [0.2, 0.25) is 0 Å². The second-order valence-corrected chi connectivity index (χ2v) is 12.1. The molecule has 0 saturated heterocycles. The molecule has 1 aromatic heterocycles. The Morgan fingerprint density at radius 1 is 1.03 bits per heavy atom. The Labute approximate surface area is 231 Å². The van der Waals surface area contributed by atoms with E-state index in [0.717, 1.165) is 52.2 Å². The summed E-state index contributed by atoms with van der Waals surface area (Å²) in [5.41, 5.74) is 5.99. The number of carbonyl (C=O) groups excluding carboxylic acids is 2. The molecule has 0 bridgehead atoms. The van der Waals surface area contributed by atoms with Crippen molar-refractivity contribution in [2.45, 2.75) is 85.4 Å². The lowest BCUT2D eigenvalue weighted by Crippen LogP contribution is -2.44. The summed E-state index contributed by atoms with van der Waals surface area (Å²) in [5.74, 6) is 2.36. The quantitative estimate of drug-likeness (QED) is 0.410. The van der Waals surface area contributed by atoms with E-state index in [9.17, 15) is 9.59 Å². The molecule has 0 unspecified atom stereocenters. The highest BCUT2D eigenvalue weighted by Gasteiger charge is 2.49. The highest BCUT2D eigenvalue weighted by atomic mass is 16.7. The number of allylic oxidation sites excluding steroid dienone is 3. The van der Waals surface area contributed by atoms with Gasteiger partial charge in [-0.25, -0.2) is 0 Å². The minimum atomic E-state index is -0.777. The Balaban J connectivity index is 1.39. The predicted octanol–water partition coefficient (Wildman–Crippen LogP) is 7.19. The van der Waals surface area contributed by atoms with E-state index < -0.39 is 5.79 Å². The van der Waals surface area contributed by atoms with Crippen LogP contribution in [0.1, 0.15) is 87.7 Å². The van der Waals surface area contributed by atoms with E-state index >= 15 is 0 Å². The minimum Gasteiger partial charge on any atom is -0.464 e. The summed E-state index contributed by atoms with van der Waals surface area (Å²) < 4.78 is 19.4. The first-order valence-electron chi connectivity index (χ1n) is 14.5. The van der Waals surface area contributed by atoms with Crippen LogP contribution in [0.25, 0.3) is 11.3 Å². The number of carbonyl (C=O) groups is 2. The summed E-state index contributed by atoms with van der Waals surface area (Å²) in [4.78, 5) is 28.8. The number of fused-ring (bicyclic) bond motifs is 2. The number of rotatable bonds is 5. The average Bonchev–Trinajstić information content (AvgIpc) is 3.56. The van der Waals surface area contributed by atoms with Crippen LogP contribution in [-0.2, 0) is 11.2 Å². The van der Waals surface area contributed by atoms with Crippen LogP contribution in [0.4, 0.5) is 0 Å². The van der Waals surface area contributed by atoms with Crippen molar-refractivity contribution in [3.05, 3.63) is 57.9 Å². The van der Waals surface area contributed by atoms with Gasteiger partial charge in [0.2, 0.25) is 0 Å². The molecule has 1 amide bonds. The summed E-state index contributed by atoms with van der Waals surface area (Å²) >= 11 is 0. The van der Waals surface area contributed by atoms with Crippen molar-refractivity contribution < 1.29 is 23.5 Å². The standard InChI is InChI=1S/C33H39NO5/c1-6-22-9-11-23(12-10-22)33(5)38-30-21(4)28-24(29(31(30)39-33)27-8-7-15-37-27)13-14-34(32(28)36)18-25-20(3)16-19(2)17-26(25)35/h7-8,15-16,22-23H,6,9-14,17-18H2,1-5H3/t22?,23?,33-/m1/s1. The molecule has 0 radical (unpaired) electrons. The lowest BCUT2D eigenvalue weighted by atomic mass is 9.77. The number of hydrogen-bond donors (Lipinski definition) is 0. The van der Waals surface area contributed by atoms with Crippen LogP contribution in [-0.4, -0.2) is 35.5 Å². The number of amides is 1. The predicted molar refractivity (Wildman–Crippen MR) is 150 cm³/mol. The molecule has 6 nitrogen and oxygen atoms in total. The summed E-state index contributed by atoms with van der Waals surface area (Å²) in [6.45, 7) is 11.1. The number of nitrogens with zero attached hydrogens (tertiary/aromatic N) is 1. The molecule has 1 atom stereocenters. The fourth-order valence-electron chi connectivity index (χ4n) is 7.16. The zero-order valence-electron chi connectivity index (χ0n) is 23.8. The number of ether oxygens (including phenoxy) is 2. The summed E-state index contributed by atoms with van der Waals surface area (Å²) in [6, 6.07) is 3.79. The molecule has 4 aliphatic rings. The van der Waals surface area contributed by atoms with Crippen molar-refractivity contribution in [1.82, 2.24) is 4.90 Å². The molecule has 0 N–H and O–H groups in total. The van der Waals surface area contributed by atoms with Gasteiger partial charge in [0.05, 0.1) is 17.4 Å². The molecule has 1 fully saturated rings. The van der Waals surface area contributed by atoms with Gasteiger partial charge in [-0.1, -0.05) is 25.0 Å². The third kappa shape index (κ3) is 4.32. The van der Waals surface area contributed by atoms with Gasteiger partial charge in [-0.15, -0.1) is 0 Å². The zero-order chi connectivity index (χ0) is 27.5. The van der Waals surface area contributed by atoms with Crippen LogP contribution in [0.15, 0.2) is 45.6 Å². The molecule has 6 rings (SSSR count). The van der Waals surface area contributed by atoms with E-state index in [2.05, 4.69) is 19.9 Å². The zero-order valence-corrected chi connectivity index (χ0v) is 23.8. The third-order valence-electron chi connectivity index (χ3n) is 9.49. The molecule has 1 aromatic carbocycles. The fourth-order valence-corrected chi connectivity index (χ4v) is 7.16. The molecule has 6 heteroatoms. The Kier molecular flexibility index (Phi) is 6.47. The van der Waals surface area contributed by atoms with Crippen LogP contribution >= 0.6 is 0 Å². The van der Waals surface area contributed by atoms with E-state index in [0.29, 0.717) is 48.8 Å². The fraction of sp³-hybridized carbons (Fsp3) is 0.515. The van der Waals surface area contributed by atoms with Crippen LogP contribution in [0.5, 0.6) is 11.5 Å². The molecule has 3 heterocycles. The molecule has 2 aliphatic carbocycles. The minimum absolute atomic E-state index is 0.0654. The van der Waals surface area contributed by atoms with E-state index in [1.807, 2.05) is 37.8 Å². The van der Waals surface area contributed by atoms with Gasteiger partial charge < -0.3 is 18.8 Å². The maximum atomic E-state index is 14.1. The van der Waals surface area contributed by atoms with Gasteiger partial charge in [-0.05, 0) is 82.1 Å². The van der Waals surface area contributed by atoms with Gasteiger partial charge in [0.25, 0.3) is 11.7 Å². The number of ketones is 1. The van der Waals surface area contributed by atoms with Crippen LogP contribution in [0, 0.1) is 18.8 Å². The number of furan rings is 1. The molecule has 2 aromatic rings. The van der Waals surface area contributed by atoms with Gasteiger partial charge in [-0.2, -0.15) is 0 Å². The Morgan fingerprint density at radius 3 is 2.44 bits per heavy atom. The first-order chi connectivity index (χ1) is 18.7. The van der Waals surface area contributed by atoms with Crippen molar-refractivity contribution in [2.24, 2.45) is 11.8 Å². The molecule has 0 spiro atoms. The SMILES string of the molecule is CCC1CCC([C@]2(C)Oc3c(C)c4c(c(-c5ccco5)c3O2)CCN(CC2=C(C)C=C(C)CC2=O)C4=O)CC1. The number of Topliss-reactive ketones (excluding diaryl/α,β-unsaturated/α-hetero) is 1. The first kappa shape index (κ1) is 26.0. The maximum absolute atomic E-state index is 14.1. The van der Waals surface area contributed by atoms with E-state index in [-0.39, 0.29) is 17.6 Å². The molecule has 39 heavy (non-hydrogen) atoms. The van der Waals surface area contributed by atoms with Crippen molar-refractivity contribution in [1.29, 1.82) is 0 Å². The van der Waals surface area contributed by atoms with Crippen molar-refractivity contribution in [3.8, 4) is 22.8 Å². The third-order valence-corrected chi connectivity index (χ3v) is 9.49.